The first-order valence-electron chi connectivity index (χ1n) is 6.78. The van der Waals surface area contributed by atoms with E-state index in [0.29, 0.717) is 28.7 Å². The van der Waals surface area contributed by atoms with Crippen molar-refractivity contribution in [2.75, 3.05) is 5.32 Å². The molecule has 1 saturated carbocycles. The number of halogens is 1. The van der Waals surface area contributed by atoms with Gasteiger partial charge in [0, 0.05) is 21.9 Å². The molecule has 0 spiro atoms. The van der Waals surface area contributed by atoms with E-state index in [2.05, 4.69) is 10.3 Å². The minimum Gasteiger partial charge on any atom is -0.481 e. The molecule has 114 valence electrons. The van der Waals surface area contributed by atoms with Crippen LogP contribution in [0.1, 0.15) is 12.8 Å². The number of carboxylic acid groups (broad SMARTS) is 1. The number of nitrogens with one attached hydrogen (secondary N) is 1. The monoisotopic (exact) mass is 336 g/mol. The van der Waals surface area contributed by atoms with Crippen LogP contribution in [0, 0.1) is 11.8 Å². The fourth-order valence-corrected chi connectivity index (χ4v) is 3.31. The quantitative estimate of drug-likeness (QED) is 0.895. The molecule has 1 aliphatic rings. The van der Waals surface area contributed by atoms with Gasteiger partial charge in [-0.3, -0.25) is 9.59 Å². The second kappa shape index (κ2) is 6.06. The predicted octanol–water partition coefficient (Wildman–Crippen LogP) is 3.51. The van der Waals surface area contributed by atoms with E-state index in [1.807, 2.05) is 23.6 Å². The number of aromatic nitrogens is 1. The van der Waals surface area contributed by atoms with Crippen LogP contribution in [0.2, 0.25) is 5.02 Å². The second-order valence-electron chi connectivity index (χ2n) is 5.21. The topological polar surface area (TPSA) is 79.3 Å². The Hall–Kier alpha value is -1.92. The van der Waals surface area contributed by atoms with Crippen molar-refractivity contribution in [3.8, 4) is 11.3 Å². The molecule has 0 bridgehead atoms. The van der Waals surface area contributed by atoms with Crippen molar-refractivity contribution in [1.82, 2.24) is 4.98 Å². The summed E-state index contributed by atoms with van der Waals surface area (Å²) < 4.78 is 0. The molecule has 0 radical (unpaired) electrons. The van der Waals surface area contributed by atoms with Crippen LogP contribution in [0.3, 0.4) is 0 Å². The van der Waals surface area contributed by atoms with Gasteiger partial charge in [0.1, 0.15) is 0 Å². The van der Waals surface area contributed by atoms with Gasteiger partial charge in [-0.25, -0.2) is 4.98 Å². The number of anilines is 1. The predicted molar refractivity (Wildman–Crippen MR) is 85.0 cm³/mol. The highest BCUT2D eigenvalue weighted by Gasteiger charge is 2.38. The van der Waals surface area contributed by atoms with Crippen molar-refractivity contribution in [3.63, 3.8) is 0 Å². The van der Waals surface area contributed by atoms with E-state index in [9.17, 15) is 9.59 Å². The lowest BCUT2D eigenvalue weighted by Crippen LogP contribution is -2.38. The van der Waals surface area contributed by atoms with Crippen molar-refractivity contribution in [1.29, 1.82) is 0 Å². The van der Waals surface area contributed by atoms with E-state index in [4.69, 9.17) is 16.7 Å². The van der Waals surface area contributed by atoms with Crippen molar-refractivity contribution in [2.24, 2.45) is 11.8 Å². The normalized spacial score (nSPS) is 20.2. The molecule has 0 saturated heterocycles. The third kappa shape index (κ3) is 2.98. The van der Waals surface area contributed by atoms with Crippen LogP contribution in [-0.2, 0) is 9.59 Å². The highest BCUT2D eigenvalue weighted by Crippen LogP contribution is 2.35. The maximum Gasteiger partial charge on any atom is 0.306 e. The van der Waals surface area contributed by atoms with Crippen LogP contribution in [0.4, 0.5) is 5.13 Å². The number of nitrogens with zero attached hydrogens (tertiary/aromatic N) is 1. The van der Waals surface area contributed by atoms with Crippen LogP contribution >= 0.6 is 22.9 Å². The Bertz CT molecular complexity index is 725. The van der Waals surface area contributed by atoms with Gasteiger partial charge < -0.3 is 10.4 Å². The van der Waals surface area contributed by atoms with Crippen molar-refractivity contribution >= 4 is 39.9 Å². The smallest absolute Gasteiger partial charge is 0.306 e. The minimum absolute atomic E-state index is 0.169. The molecule has 0 aliphatic heterocycles. The third-order valence-electron chi connectivity index (χ3n) is 3.74. The summed E-state index contributed by atoms with van der Waals surface area (Å²) in [5.74, 6) is -1.64. The summed E-state index contributed by atoms with van der Waals surface area (Å²) in [5.41, 5.74) is 1.53. The van der Waals surface area contributed by atoms with E-state index in [0.717, 1.165) is 5.56 Å². The maximum absolute atomic E-state index is 12.0. The van der Waals surface area contributed by atoms with Gasteiger partial charge in [0.2, 0.25) is 5.91 Å². The number of carboxylic acids is 1. The van der Waals surface area contributed by atoms with E-state index in [1.165, 1.54) is 11.3 Å². The number of amides is 1. The number of rotatable bonds is 4. The molecule has 1 heterocycles. The van der Waals surface area contributed by atoms with Crippen LogP contribution in [-0.4, -0.2) is 22.0 Å². The maximum atomic E-state index is 12.0. The highest BCUT2D eigenvalue weighted by molar-refractivity contribution is 7.14. The molecule has 1 aliphatic carbocycles. The van der Waals surface area contributed by atoms with E-state index in [1.54, 1.807) is 6.07 Å². The van der Waals surface area contributed by atoms with Gasteiger partial charge in [0.15, 0.2) is 5.13 Å². The molecular formula is C15H13ClN2O3S. The van der Waals surface area contributed by atoms with Crippen molar-refractivity contribution in [3.05, 3.63) is 34.7 Å². The van der Waals surface area contributed by atoms with Gasteiger partial charge in [-0.1, -0.05) is 29.8 Å². The SMILES string of the molecule is O=C(O)[C@H]1C[C@H](C(=O)Nc2nc(-c3ccccc3Cl)cs2)C1. The summed E-state index contributed by atoms with van der Waals surface area (Å²) in [6, 6.07) is 7.37. The number of aliphatic carboxylic acids is 1. The first-order valence-corrected chi connectivity index (χ1v) is 8.04. The van der Waals surface area contributed by atoms with Crippen LogP contribution in [0.25, 0.3) is 11.3 Å². The fourth-order valence-electron chi connectivity index (χ4n) is 2.36. The Kier molecular flexibility index (Phi) is 4.13. The summed E-state index contributed by atoms with van der Waals surface area (Å²) >= 11 is 7.45. The molecule has 2 aromatic rings. The zero-order chi connectivity index (χ0) is 15.7. The van der Waals surface area contributed by atoms with E-state index in [-0.39, 0.29) is 11.8 Å². The van der Waals surface area contributed by atoms with Crippen LogP contribution < -0.4 is 5.32 Å². The zero-order valence-electron chi connectivity index (χ0n) is 11.5. The molecule has 1 amide bonds. The molecule has 7 heteroatoms. The molecule has 5 nitrogen and oxygen atoms in total. The van der Waals surface area contributed by atoms with E-state index >= 15 is 0 Å². The zero-order valence-corrected chi connectivity index (χ0v) is 13.0. The standard InChI is InChI=1S/C15H13ClN2O3S/c16-11-4-2-1-3-10(11)12-7-22-15(17-12)18-13(19)8-5-9(6-8)14(20)21/h1-4,7-9H,5-6H2,(H,20,21)(H,17,18,19)/t8-,9-. The number of benzene rings is 1. The number of carbonyl (C=O) groups excluding carboxylic acids is 1. The fraction of sp³-hybridized carbons (Fsp3) is 0.267. The molecule has 1 aromatic heterocycles. The molecule has 0 atom stereocenters. The molecule has 22 heavy (non-hydrogen) atoms. The largest absolute Gasteiger partial charge is 0.481 e. The molecule has 2 N–H and O–H groups in total. The number of hydrogen-bond donors (Lipinski definition) is 2. The lowest BCUT2D eigenvalue weighted by atomic mass is 9.74. The Labute approximate surface area is 136 Å². The summed E-state index contributed by atoms with van der Waals surface area (Å²) in [7, 11) is 0. The first-order chi connectivity index (χ1) is 10.5. The molecule has 0 unspecified atom stereocenters. The summed E-state index contributed by atoms with van der Waals surface area (Å²) in [6.45, 7) is 0. The number of hydrogen-bond acceptors (Lipinski definition) is 4. The van der Waals surface area contributed by atoms with Gasteiger partial charge in [0.25, 0.3) is 0 Å². The average Bonchev–Trinajstić information content (AvgIpc) is 2.85. The van der Waals surface area contributed by atoms with Gasteiger partial charge in [-0.15, -0.1) is 11.3 Å². The van der Waals surface area contributed by atoms with Gasteiger partial charge in [0.05, 0.1) is 11.6 Å². The average molecular weight is 337 g/mol. The van der Waals surface area contributed by atoms with Crippen molar-refractivity contribution < 1.29 is 14.7 Å². The second-order valence-corrected chi connectivity index (χ2v) is 6.48. The molecule has 1 fully saturated rings. The lowest BCUT2D eigenvalue weighted by Gasteiger charge is -2.30. The third-order valence-corrected chi connectivity index (χ3v) is 4.83. The Morgan fingerprint density at radius 2 is 2.00 bits per heavy atom. The Morgan fingerprint density at radius 3 is 2.68 bits per heavy atom. The summed E-state index contributed by atoms with van der Waals surface area (Å²) in [6.07, 6.45) is 0.786. The summed E-state index contributed by atoms with van der Waals surface area (Å²) in [4.78, 5) is 27.1. The lowest BCUT2D eigenvalue weighted by molar-refractivity contribution is -0.147. The summed E-state index contributed by atoms with van der Waals surface area (Å²) in [5, 5.41) is 14.5. The van der Waals surface area contributed by atoms with Gasteiger partial charge in [-0.2, -0.15) is 0 Å². The van der Waals surface area contributed by atoms with Gasteiger partial charge in [-0.05, 0) is 18.9 Å². The van der Waals surface area contributed by atoms with Crippen LogP contribution in [0.5, 0.6) is 0 Å². The molecular weight excluding hydrogens is 324 g/mol. The minimum atomic E-state index is -0.834. The van der Waals surface area contributed by atoms with E-state index < -0.39 is 11.9 Å². The molecule has 1 aromatic carbocycles. The van der Waals surface area contributed by atoms with Crippen molar-refractivity contribution in [2.45, 2.75) is 12.8 Å². The first kappa shape index (κ1) is 15.0. The highest BCUT2D eigenvalue weighted by atomic mass is 35.5. The Balaban J connectivity index is 1.64. The number of thiazole rings is 1. The Morgan fingerprint density at radius 1 is 1.27 bits per heavy atom. The van der Waals surface area contributed by atoms with Gasteiger partial charge >= 0.3 is 5.97 Å². The van der Waals surface area contributed by atoms with Crippen LogP contribution in [0.15, 0.2) is 29.6 Å². The molecule has 3 rings (SSSR count). The number of carbonyl (C=O) groups is 2.